The van der Waals surface area contributed by atoms with E-state index in [0.717, 1.165) is 0 Å². The highest BCUT2D eigenvalue weighted by Crippen LogP contribution is 2.05. The lowest BCUT2D eigenvalue weighted by Gasteiger charge is -2.02. The van der Waals surface area contributed by atoms with Crippen LogP contribution < -0.4 is 0 Å². The fourth-order valence-electron chi connectivity index (χ4n) is 1.43. The highest BCUT2D eigenvalue weighted by molar-refractivity contribution is 7.91. The Morgan fingerprint density at radius 2 is 1.75 bits per heavy atom. The highest BCUT2D eigenvalue weighted by atomic mass is 32.2. The standard InChI is InChI=1S/C12H16O3S/c1-2-9-16(14,15)10-8-12(13)11-6-4-3-5-7-11/h3-7H,2,8-10H2,1H3. The van der Waals surface area contributed by atoms with E-state index in [2.05, 4.69) is 0 Å². The van der Waals surface area contributed by atoms with Gasteiger partial charge < -0.3 is 0 Å². The second-order valence-electron chi connectivity index (χ2n) is 3.69. The fourth-order valence-corrected chi connectivity index (χ4v) is 2.75. The van der Waals surface area contributed by atoms with Crippen molar-refractivity contribution in [2.24, 2.45) is 0 Å². The van der Waals surface area contributed by atoms with Crippen molar-refractivity contribution in [3.63, 3.8) is 0 Å². The molecular formula is C12H16O3S. The minimum Gasteiger partial charge on any atom is -0.294 e. The van der Waals surface area contributed by atoms with Crippen LogP contribution in [0.15, 0.2) is 30.3 Å². The number of sulfone groups is 1. The van der Waals surface area contributed by atoms with Crippen molar-refractivity contribution in [3.05, 3.63) is 35.9 Å². The second-order valence-corrected chi connectivity index (χ2v) is 5.99. The van der Waals surface area contributed by atoms with Gasteiger partial charge in [0.15, 0.2) is 15.6 Å². The van der Waals surface area contributed by atoms with Crippen LogP contribution in [-0.2, 0) is 9.84 Å². The van der Waals surface area contributed by atoms with Crippen molar-refractivity contribution in [1.29, 1.82) is 0 Å². The summed E-state index contributed by atoms with van der Waals surface area (Å²) in [5.74, 6) is 0.00387. The van der Waals surface area contributed by atoms with Crippen LogP contribution >= 0.6 is 0 Å². The van der Waals surface area contributed by atoms with Crippen LogP contribution in [0.25, 0.3) is 0 Å². The van der Waals surface area contributed by atoms with Crippen LogP contribution in [0, 0.1) is 0 Å². The van der Waals surface area contributed by atoms with E-state index in [0.29, 0.717) is 12.0 Å². The number of Topliss-reactive ketones (excluding diaryl/α,β-unsaturated/α-hetero) is 1. The monoisotopic (exact) mass is 240 g/mol. The molecule has 3 nitrogen and oxygen atoms in total. The van der Waals surface area contributed by atoms with Crippen LogP contribution in [-0.4, -0.2) is 25.7 Å². The van der Waals surface area contributed by atoms with Crippen molar-refractivity contribution < 1.29 is 13.2 Å². The van der Waals surface area contributed by atoms with E-state index in [1.807, 2.05) is 13.0 Å². The molecule has 0 aliphatic heterocycles. The smallest absolute Gasteiger partial charge is 0.163 e. The van der Waals surface area contributed by atoms with Gasteiger partial charge in [0.25, 0.3) is 0 Å². The molecule has 0 unspecified atom stereocenters. The van der Waals surface area contributed by atoms with E-state index >= 15 is 0 Å². The quantitative estimate of drug-likeness (QED) is 0.715. The van der Waals surface area contributed by atoms with Gasteiger partial charge in [0, 0.05) is 17.7 Å². The Labute approximate surface area is 96.4 Å². The summed E-state index contributed by atoms with van der Waals surface area (Å²) in [5, 5.41) is 0. The molecule has 88 valence electrons. The third kappa shape index (κ3) is 4.14. The van der Waals surface area contributed by atoms with Crippen molar-refractivity contribution in [1.82, 2.24) is 0 Å². The first-order valence-corrected chi connectivity index (χ1v) is 7.16. The Hall–Kier alpha value is -1.16. The topological polar surface area (TPSA) is 51.2 Å². The maximum atomic E-state index is 11.6. The molecule has 0 atom stereocenters. The highest BCUT2D eigenvalue weighted by Gasteiger charge is 2.13. The molecule has 0 aliphatic rings. The van der Waals surface area contributed by atoms with Crippen molar-refractivity contribution in [2.45, 2.75) is 19.8 Å². The fraction of sp³-hybridized carbons (Fsp3) is 0.417. The Kier molecular flexibility index (Phi) is 4.68. The zero-order chi connectivity index (χ0) is 12.0. The molecular weight excluding hydrogens is 224 g/mol. The number of hydrogen-bond acceptors (Lipinski definition) is 3. The number of ketones is 1. The number of carbonyl (C=O) groups excluding carboxylic acids is 1. The van der Waals surface area contributed by atoms with Crippen LogP contribution in [0.5, 0.6) is 0 Å². The summed E-state index contributed by atoms with van der Waals surface area (Å²) >= 11 is 0. The minimum atomic E-state index is -3.06. The van der Waals surface area contributed by atoms with Crippen molar-refractivity contribution in [2.75, 3.05) is 11.5 Å². The van der Waals surface area contributed by atoms with Gasteiger partial charge >= 0.3 is 0 Å². The molecule has 0 saturated heterocycles. The van der Waals surface area contributed by atoms with Gasteiger partial charge in [-0.3, -0.25) is 4.79 Å². The maximum absolute atomic E-state index is 11.6. The Morgan fingerprint density at radius 3 is 2.31 bits per heavy atom. The first-order chi connectivity index (χ1) is 7.55. The molecule has 0 radical (unpaired) electrons. The number of benzene rings is 1. The number of carbonyl (C=O) groups is 1. The Bertz CT molecular complexity index is 435. The van der Waals surface area contributed by atoms with Crippen LogP contribution in [0.2, 0.25) is 0 Å². The number of hydrogen-bond donors (Lipinski definition) is 0. The summed E-state index contributed by atoms with van der Waals surface area (Å²) in [6.45, 7) is 1.82. The largest absolute Gasteiger partial charge is 0.294 e. The molecule has 0 saturated carbocycles. The molecule has 0 aromatic heterocycles. The molecule has 0 amide bonds. The molecule has 0 spiro atoms. The van der Waals surface area contributed by atoms with Gasteiger partial charge in [0.05, 0.1) is 5.75 Å². The summed E-state index contributed by atoms with van der Waals surface area (Å²) in [6.07, 6.45) is 0.675. The van der Waals surface area contributed by atoms with Gasteiger partial charge in [-0.15, -0.1) is 0 Å². The zero-order valence-corrected chi connectivity index (χ0v) is 10.2. The third-order valence-electron chi connectivity index (χ3n) is 2.25. The van der Waals surface area contributed by atoms with Crippen LogP contribution in [0.4, 0.5) is 0 Å². The minimum absolute atomic E-state index is 0.0471. The maximum Gasteiger partial charge on any atom is 0.163 e. The van der Waals surface area contributed by atoms with Crippen LogP contribution in [0.3, 0.4) is 0 Å². The normalized spacial score (nSPS) is 11.3. The van der Waals surface area contributed by atoms with E-state index in [1.54, 1.807) is 24.3 Å². The first kappa shape index (κ1) is 12.9. The molecule has 0 bridgehead atoms. The summed E-state index contributed by atoms with van der Waals surface area (Å²) in [6, 6.07) is 8.77. The van der Waals surface area contributed by atoms with E-state index in [-0.39, 0.29) is 23.7 Å². The molecule has 0 heterocycles. The van der Waals surface area contributed by atoms with E-state index in [4.69, 9.17) is 0 Å². The van der Waals surface area contributed by atoms with Gasteiger partial charge in [0.1, 0.15) is 0 Å². The zero-order valence-electron chi connectivity index (χ0n) is 9.35. The van der Waals surface area contributed by atoms with E-state index in [9.17, 15) is 13.2 Å². The lowest BCUT2D eigenvalue weighted by atomic mass is 10.1. The SMILES string of the molecule is CCCS(=O)(=O)CCC(=O)c1ccccc1. The average Bonchev–Trinajstić information content (AvgIpc) is 2.27. The first-order valence-electron chi connectivity index (χ1n) is 5.34. The van der Waals surface area contributed by atoms with E-state index < -0.39 is 9.84 Å². The summed E-state index contributed by atoms with van der Waals surface area (Å²) in [4.78, 5) is 11.6. The predicted molar refractivity (Wildman–Crippen MR) is 64.3 cm³/mol. The Balaban J connectivity index is 2.54. The lowest BCUT2D eigenvalue weighted by Crippen LogP contribution is -2.14. The molecule has 1 aromatic rings. The molecule has 1 aromatic carbocycles. The van der Waals surface area contributed by atoms with Gasteiger partial charge in [-0.05, 0) is 6.42 Å². The predicted octanol–water partition coefficient (Wildman–Crippen LogP) is 2.08. The van der Waals surface area contributed by atoms with Gasteiger partial charge in [-0.1, -0.05) is 37.3 Å². The van der Waals surface area contributed by atoms with Crippen molar-refractivity contribution in [3.8, 4) is 0 Å². The number of rotatable bonds is 6. The molecule has 0 aliphatic carbocycles. The molecule has 0 fully saturated rings. The molecule has 0 N–H and O–H groups in total. The summed E-state index contributed by atoms with van der Waals surface area (Å²) < 4.78 is 22.8. The van der Waals surface area contributed by atoms with Gasteiger partial charge in [-0.2, -0.15) is 0 Å². The summed E-state index contributed by atoms with van der Waals surface area (Å²) in [7, 11) is -3.06. The third-order valence-corrected chi connectivity index (χ3v) is 4.11. The van der Waals surface area contributed by atoms with Gasteiger partial charge in [-0.25, -0.2) is 8.42 Å². The second kappa shape index (κ2) is 5.80. The van der Waals surface area contributed by atoms with Crippen LogP contribution in [0.1, 0.15) is 30.1 Å². The van der Waals surface area contributed by atoms with Crippen molar-refractivity contribution >= 4 is 15.6 Å². The lowest BCUT2D eigenvalue weighted by molar-refractivity contribution is 0.0989. The molecule has 16 heavy (non-hydrogen) atoms. The molecule has 1 rings (SSSR count). The average molecular weight is 240 g/mol. The summed E-state index contributed by atoms with van der Waals surface area (Å²) in [5.41, 5.74) is 0.578. The Morgan fingerprint density at radius 1 is 1.12 bits per heavy atom. The molecule has 4 heteroatoms. The van der Waals surface area contributed by atoms with E-state index in [1.165, 1.54) is 0 Å². The van der Waals surface area contributed by atoms with Gasteiger partial charge in [0.2, 0.25) is 0 Å².